The number of aromatic nitrogens is 3. The molecule has 5 nitrogen and oxygen atoms in total. The molecule has 0 aromatic carbocycles. The molecule has 1 fully saturated rings. The van der Waals surface area contributed by atoms with Gasteiger partial charge in [0.1, 0.15) is 0 Å². The van der Waals surface area contributed by atoms with Crippen molar-refractivity contribution in [2.24, 2.45) is 5.92 Å². The summed E-state index contributed by atoms with van der Waals surface area (Å²) in [4.78, 5) is 17.9. The molecule has 1 unspecified atom stereocenters. The molecule has 0 spiro atoms. The van der Waals surface area contributed by atoms with Crippen molar-refractivity contribution in [2.45, 2.75) is 6.42 Å². The Morgan fingerprint density at radius 2 is 2.39 bits per heavy atom. The van der Waals surface area contributed by atoms with Gasteiger partial charge in [-0.15, -0.1) is 11.7 Å². The van der Waals surface area contributed by atoms with Crippen LogP contribution in [-0.2, 0) is 4.79 Å². The standard InChI is InChI=1S/C12H11BrN4O/c1-2-8-5-11(18)16(7-8)12-14-10-6-9(13)3-4-17(10)15-12/h2-4,6,8H,1,5,7H2. The molecule has 6 heteroatoms. The summed E-state index contributed by atoms with van der Waals surface area (Å²) in [6.07, 6.45) is 4.11. The molecule has 0 saturated carbocycles. The molecule has 18 heavy (non-hydrogen) atoms. The minimum Gasteiger partial charge on any atom is -0.279 e. The highest BCUT2D eigenvalue weighted by Gasteiger charge is 2.31. The summed E-state index contributed by atoms with van der Waals surface area (Å²) in [5.41, 5.74) is 0.717. The minimum absolute atomic E-state index is 0.0508. The summed E-state index contributed by atoms with van der Waals surface area (Å²) in [5, 5.41) is 4.31. The van der Waals surface area contributed by atoms with Gasteiger partial charge in [-0.25, -0.2) is 4.52 Å². The topological polar surface area (TPSA) is 50.5 Å². The van der Waals surface area contributed by atoms with E-state index in [0.29, 0.717) is 24.6 Å². The van der Waals surface area contributed by atoms with Crippen molar-refractivity contribution in [3.63, 3.8) is 0 Å². The number of carbonyl (C=O) groups excluding carboxylic acids is 1. The molecule has 2 aromatic rings. The van der Waals surface area contributed by atoms with Gasteiger partial charge in [0, 0.05) is 29.6 Å². The largest absolute Gasteiger partial charge is 0.279 e. The fraction of sp³-hybridized carbons (Fsp3) is 0.250. The Bertz CT molecular complexity index is 636. The van der Waals surface area contributed by atoms with Crippen LogP contribution >= 0.6 is 15.9 Å². The average Bonchev–Trinajstić information content (AvgIpc) is 2.91. The molecule has 3 heterocycles. The molecule has 0 N–H and O–H groups in total. The third-order valence-corrected chi connectivity index (χ3v) is 3.51. The van der Waals surface area contributed by atoms with Crippen LogP contribution in [0.4, 0.5) is 5.95 Å². The number of amides is 1. The van der Waals surface area contributed by atoms with Crippen LogP contribution in [0.5, 0.6) is 0 Å². The second kappa shape index (κ2) is 4.20. The number of anilines is 1. The zero-order valence-electron chi connectivity index (χ0n) is 9.58. The van der Waals surface area contributed by atoms with Crippen LogP contribution in [0.25, 0.3) is 5.65 Å². The van der Waals surface area contributed by atoms with Gasteiger partial charge in [0.05, 0.1) is 0 Å². The zero-order valence-corrected chi connectivity index (χ0v) is 11.2. The third kappa shape index (κ3) is 1.82. The van der Waals surface area contributed by atoms with Crippen molar-refractivity contribution >= 4 is 33.4 Å². The minimum atomic E-state index is 0.0508. The molecule has 0 radical (unpaired) electrons. The smallest absolute Gasteiger partial charge is 0.252 e. The molecular weight excluding hydrogens is 296 g/mol. The molecule has 1 saturated heterocycles. The molecular formula is C12H11BrN4O. The maximum Gasteiger partial charge on any atom is 0.252 e. The Balaban J connectivity index is 1.99. The van der Waals surface area contributed by atoms with E-state index in [1.54, 1.807) is 15.6 Å². The number of halogens is 1. The van der Waals surface area contributed by atoms with Gasteiger partial charge in [0.15, 0.2) is 5.65 Å². The number of hydrogen-bond donors (Lipinski definition) is 0. The van der Waals surface area contributed by atoms with Crippen LogP contribution in [0.15, 0.2) is 35.5 Å². The second-order valence-electron chi connectivity index (χ2n) is 4.26. The first-order valence-electron chi connectivity index (χ1n) is 5.62. The Morgan fingerprint density at radius 1 is 1.56 bits per heavy atom. The van der Waals surface area contributed by atoms with E-state index in [0.717, 1.165) is 4.47 Å². The Kier molecular flexibility index (Phi) is 2.66. The monoisotopic (exact) mass is 306 g/mol. The average molecular weight is 307 g/mol. The lowest BCUT2D eigenvalue weighted by molar-refractivity contribution is -0.117. The first-order valence-corrected chi connectivity index (χ1v) is 6.41. The van der Waals surface area contributed by atoms with E-state index >= 15 is 0 Å². The van der Waals surface area contributed by atoms with Gasteiger partial charge in [-0.05, 0) is 12.1 Å². The SMILES string of the molecule is C=CC1CC(=O)N(c2nc3cc(Br)ccn3n2)C1. The molecule has 1 aliphatic heterocycles. The Hall–Kier alpha value is -1.69. The van der Waals surface area contributed by atoms with E-state index in [-0.39, 0.29) is 11.8 Å². The number of fused-ring (bicyclic) bond motifs is 1. The lowest BCUT2D eigenvalue weighted by Crippen LogP contribution is -2.25. The van der Waals surface area contributed by atoms with Crippen molar-refractivity contribution < 1.29 is 4.79 Å². The van der Waals surface area contributed by atoms with Crippen LogP contribution in [0.1, 0.15) is 6.42 Å². The van der Waals surface area contributed by atoms with E-state index in [9.17, 15) is 4.79 Å². The number of pyridine rings is 1. The van der Waals surface area contributed by atoms with Crippen molar-refractivity contribution in [1.82, 2.24) is 14.6 Å². The van der Waals surface area contributed by atoms with Gasteiger partial charge in [0.25, 0.3) is 5.95 Å². The summed E-state index contributed by atoms with van der Waals surface area (Å²) in [5.74, 6) is 0.702. The van der Waals surface area contributed by atoms with Gasteiger partial charge in [0.2, 0.25) is 5.91 Å². The fourth-order valence-electron chi connectivity index (χ4n) is 2.05. The first kappa shape index (κ1) is 11.4. The Morgan fingerprint density at radius 3 is 3.11 bits per heavy atom. The molecule has 1 atom stereocenters. The number of hydrogen-bond acceptors (Lipinski definition) is 3. The van der Waals surface area contributed by atoms with E-state index in [1.165, 1.54) is 0 Å². The molecule has 3 rings (SSSR count). The summed E-state index contributed by atoms with van der Waals surface area (Å²) < 4.78 is 2.60. The quantitative estimate of drug-likeness (QED) is 0.798. The van der Waals surface area contributed by atoms with Crippen LogP contribution < -0.4 is 4.90 Å². The maximum atomic E-state index is 11.9. The molecule has 1 aliphatic rings. The highest BCUT2D eigenvalue weighted by atomic mass is 79.9. The second-order valence-corrected chi connectivity index (χ2v) is 5.18. The predicted molar refractivity (Wildman–Crippen MR) is 71.3 cm³/mol. The van der Waals surface area contributed by atoms with Gasteiger partial charge < -0.3 is 0 Å². The maximum absolute atomic E-state index is 11.9. The molecule has 92 valence electrons. The zero-order chi connectivity index (χ0) is 12.7. The summed E-state index contributed by atoms with van der Waals surface area (Å²) in [7, 11) is 0. The summed E-state index contributed by atoms with van der Waals surface area (Å²) in [6.45, 7) is 4.34. The van der Waals surface area contributed by atoms with E-state index in [4.69, 9.17) is 0 Å². The van der Waals surface area contributed by atoms with Gasteiger partial charge in [-0.1, -0.05) is 22.0 Å². The van der Waals surface area contributed by atoms with E-state index < -0.39 is 0 Å². The molecule has 2 aromatic heterocycles. The van der Waals surface area contributed by atoms with Crippen LogP contribution in [0.2, 0.25) is 0 Å². The lowest BCUT2D eigenvalue weighted by Gasteiger charge is -2.09. The fourth-order valence-corrected chi connectivity index (χ4v) is 2.37. The van der Waals surface area contributed by atoms with Crippen LogP contribution in [-0.4, -0.2) is 27.0 Å². The summed E-state index contributed by atoms with van der Waals surface area (Å²) in [6, 6.07) is 3.74. The highest BCUT2D eigenvalue weighted by Crippen LogP contribution is 2.23. The first-order chi connectivity index (χ1) is 8.67. The lowest BCUT2D eigenvalue weighted by atomic mass is 10.1. The van der Waals surface area contributed by atoms with Crippen molar-refractivity contribution in [2.75, 3.05) is 11.4 Å². The molecule has 1 amide bonds. The summed E-state index contributed by atoms with van der Waals surface area (Å²) >= 11 is 3.38. The predicted octanol–water partition coefficient (Wildman–Crippen LogP) is 2.03. The van der Waals surface area contributed by atoms with Gasteiger partial charge >= 0.3 is 0 Å². The van der Waals surface area contributed by atoms with E-state index in [2.05, 4.69) is 32.6 Å². The molecule has 0 aliphatic carbocycles. The molecule has 0 bridgehead atoms. The van der Waals surface area contributed by atoms with Crippen molar-refractivity contribution in [1.29, 1.82) is 0 Å². The van der Waals surface area contributed by atoms with Crippen molar-refractivity contribution in [3.05, 3.63) is 35.5 Å². The number of nitrogens with zero attached hydrogens (tertiary/aromatic N) is 4. The number of rotatable bonds is 2. The van der Waals surface area contributed by atoms with Crippen molar-refractivity contribution in [3.8, 4) is 0 Å². The van der Waals surface area contributed by atoms with E-state index in [1.807, 2.05) is 18.2 Å². The Labute approximate surface area is 112 Å². The normalized spacial score (nSPS) is 19.7. The van der Waals surface area contributed by atoms with Crippen LogP contribution in [0.3, 0.4) is 0 Å². The van der Waals surface area contributed by atoms with Gasteiger partial charge in [-0.2, -0.15) is 4.98 Å². The highest BCUT2D eigenvalue weighted by molar-refractivity contribution is 9.10. The third-order valence-electron chi connectivity index (χ3n) is 3.02. The van der Waals surface area contributed by atoms with Gasteiger partial charge in [-0.3, -0.25) is 9.69 Å². The number of carbonyl (C=O) groups is 1. The van der Waals surface area contributed by atoms with Crippen LogP contribution in [0, 0.1) is 5.92 Å².